The van der Waals surface area contributed by atoms with Crippen LogP contribution in [0.3, 0.4) is 0 Å². The van der Waals surface area contributed by atoms with E-state index in [4.69, 9.17) is 0 Å². The molecule has 2 aromatic heterocycles. The molecule has 0 bridgehead atoms. The molecular formula is C14H20N6O2. The van der Waals surface area contributed by atoms with Crippen molar-refractivity contribution in [2.45, 2.75) is 39.4 Å². The van der Waals surface area contributed by atoms with Crippen molar-refractivity contribution in [3.63, 3.8) is 0 Å². The lowest BCUT2D eigenvalue weighted by Gasteiger charge is -2.35. The minimum Gasteiger partial charge on any atom is -0.359 e. The van der Waals surface area contributed by atoms with Crippen molar-refractivity contribution >= 4 is 22.5 Å². The van der Waals surface area contributed by atoms with Crippen LogP contribution in [0.1, 0.15) is 27.7 Å². The Morgan fingerprint density at radius 1 is 1.09 bits per heavy atom. The van der Waals surface area contributed by atoms with Crippen molar-refractivity contribution in [3.05, 3.63) is 20.8 Å². The first kappa shape index (κ1) is 14.6. The van der Waals surface area contributed by atoms with Crippen LogP contribution in [-0.4, -0.2) is 31.0 Å². The number of aromatic nitrogens is 4. The zero-order valence-electron chi connectivity index (χ0n) is 13.6. The molecule has 8 nitrogen and oxygen atoms in total. The van der Waals surface area contributed by atoms with Gasteiger partial charge in [-0.3, -0.25) is 13.9 Å². The van der Waals surface area contributed by atoms with Gasteiger partial charge >= 0.3 is 5.69 Å². The van der Waals surface area contributed by atoms with Gasteiger partial charge in [-0.1, -0.05) is 0 Å². The van der Waals surface area contributed by atoms with E-state index < -0.39 is 5.69 Å². The Kier molecular flexibility index (Phi) is 2.85. The summed E-state index contributed by atoms with van der Waals surface area (Å²) in [5.41, 5.74) is -0.234. The molecule has 1 aliphatic heterocycles. The van der Waals surface area contributed by atoms with Gasteiger partial charge in [0.2, 0.25) is 0 Å². The van der Waals surface area contributed by atoms with E-state index in [2.05, 4.69) is 34.3 Å². The SMILES string of the molecule is CC(C)N1c2nnc3c(c2NC1(C)C)c(=O)n(C)c(=O)n3C. The minimum absolute atomic E-state index is 0.187. The average Bonchev–Trinajstić information content (AvgIpc) is 2.71. The number of hydrogen-bond donors (Lipinski definition) is 1. The standard InChI is InChI=1S/C14H20N6O2/c1-7(2)20-11-9(15-14(20,3)4)8-10(16-17-11)18(5)13(22)19(6)12(8)21/h7,15H,1-6H3. The first-order valence-corrected chi connectivity index (χ1v) is 7.20. The fourth-order valence-corrected chi connectivity index (χ4v) is 3.23. The van der Waals surface area contributed by atoms with Gasteiger partial charge in [-0.25, -0.2) is 4.79 Å². The second kappa shape index (κ2) is 4.31. The van der Waals surface area contributed by atoms with Gasteiger partial charge in [-0.05, 0) is 27.7 Å². The molecular weight excluding hydrogens is 284 g/mol. The molecule has 0 radical (unpaired) electrons. The maximum atomic E-state index is 12.6. The molecule has 2 aromatic rings. The molecule has 3 rings (SSSR count). The Labute approximate surface area is 127 Å². The molecule has 1 N–H and O–H groups in total. The summed E-state index contributed by atoms with van der Waals surface area (Å²) in [6.07, 6.45) is 0. The maximum Gasteiger partial charge on any atom is 0.332 e. The molecule has 8 heteroatoms. The van der Waals surface area contributed by atoms with Crippen LogP contribution >= 0.6 is 0 Å². The van der Waals surface area contributed by atoms with Gasteiger partial charge in [0.15, 0.2) is 11.5 Å². The Hall–Kier alpha value is -2.38. The molecule has 118 valence electrons. The fraction of sp³-hybridized carbons (Fsp3) is 0.571. The summed E-state index contributed by atoms with van der Waals surface area (Å²) in [6, 6.07) is 0.187. The summed E-state index contributed by atoms with van der Waals surface area (Å²) < 4.78 is 2.44. The highest BCUT2D eigenvalue weighted by Crippen LogP contribution is 2.41. The predicted molar refractivity (Wildman–Crippen MR) is 85.3 cm³/mol. The second-order valence-corrected chi connectivity index (χ2v) is 6.45. The highest BCUT2D eigenvalue weighted by atomic mass is 16.2. The van der Waals surface area contributed by atoms with E-state index in [-0.39, 0.29) is 17.3 Å². The lowest BCUT2D eigenvalue weighted by molar-refractivity contribution is 0.493. The number of nitrogens with one attached hydrogen (secondary N) is 1. The topological polar surface area (TPSA) is 85.1 Å². The third-order valence-electron chi connectivity index (χ3n) is 4.12. The molecule has 3 heterocycles. The number of anilines is 2. The fourth-order valence-electron chi connectivity index (χ4n) is 3.23. The summed E-state index contributed by atoms with van der Waals surface area (Å²) in [7, 11) is 3.06. The van der Waals surface area contributed by atoms with Crippen LogP contribution in [0.2, 0.25) is 0 Å². The van der Waals surface area contributed by atoms with Crippen molar-refractivity contribution in [2.24, 2.45) is 14.1 Å². The first-order chi connectivity index (χ1) is 10.2. The van der Waals surface area contributed by atoms with Gasteiger partial charge in [0, 0.05) is 20.1 Å². The van der Waals surface area contributed by atoms with Crippen LogP contribution in [0.15, 0.2) is 9.59 Å². The molecule has 0 saturated heterocycles. The monoisotopic (exact) mass is 304 g/mol. The third-order valence-corrected chi connectivity index (χ3v) is 4.12. The molecule has 0 saturated carbocycles. The Balaban J connectivity index is 2.47. The van der Waals surface area contributed by atoms with Crippen molar-refractivity contribution in [1.82, 2.24) is 19.3 Å². The zero-order valence-corrected chi connectivity index (χ0v) is 13.6. The Morgan fingerprint density at radius 2 is 1.73 bits per heavy atom. The van der Waals surface area contributed by atoms with Gasteiger partial charge in [0.25, 0.3) is 5.56 Å². The molecule has 1 aliphatic rings. The number of hydrogen-bond acceptors (Lipinski definition) is 6. The summed E-state index contributed by atoms with van der Waals surface area (Å²) >= 11 is 0. The van der Waals surface area contributed by atoms with E-state index in [1.165, 1.54) is 11.6 Å². The highest BCUT2D eigenvalue weighted by Gasteiger charge is 2.40. The van der Waals surface area contributed by atoms with Crippen LogP contribution in [0.25, 0.3) is 11.0 Å². The summed E-state index contributed by atoms with van der Waals surface area (Å²) in [4.78, 5) is 26.7. The maximum absolute atomic E-state index is 12.6. The van der Waals surface area contributed by atoms with E-state index in [0.29, 0.717) is 22.5 Å². The molecule has 0 spiro atoms. The Bertz CT molecular complexity index is 893. The zero-order chi connectivity index (χ0) is 16.4. The lowest BCUT2D eigenvalue weighted by atomic mass is 10.2. The number of aryl methyl sites for hydroxylation is 1. The quantitative estimate of drug-likeness (QED) is 0.821. The normalized spacial score (nSPS) is 16.2. The van der Waals surface area contributed by atoms with E-state index in [1.807, 2.05) is 13.8 Å². The van der Waals surface area contributed by atoms with Gasteiger partial charge in [-0.2, -0.15) is 0 Å². The molecule has 0 aliphatic carbocycles. The lowest BCUT2D eigenvalue weighted by Crippen LogP contribution is -2.49. The van der Waals surface area contributed by atoms with E-state index in [9.17, 15) is 9.59 Å². The number of nitrogens with zero attached hydrogens (tertiary/aromatic N) is 5. The van der Waals surface area contributed by atoms with Gasteiger partial charge in [0.05, 0.1) is 5.69 Å². The number of rotatable bonds is 1. The van der Waals surface area contributed by atoms with Gasteiger partial charge < -0.3 is 10.2 Å². The van der Waals surface area contributed by atoms with Crippen LogP contribution in [0.5, 0.6) is 0 Å². The second-order valence-electron chi connectivity index (χ2n) is 6.45. The molecule has 0 aromatic carbocycles. The minimum atomic E-state index is -0.412. The first-order valence-electron chi connectivity index (χ1n) is 7.20. The third kappa shape index (κ3) is 1.69. The highest BCUT2D eigenvalue weighted by molar-refractivity contribution is 5.97. The van der Waals surface area contributed by atoms with Crippen molar-refractivity contribution in [3.8, 4) is 0 Å². The predicted octanol–water partition coefficient (Wildman–Crippen LogP) is 0.404. The van der Waals surface area contributed by atoms with E-state index in [0.717, 1.165) is 4.57 Å². The molecule has 0 amide bonds. The van der Waals surface area contributed by atoms with Crippen molar-refractivity contribution in [2.75, 3.05) is 10.2 Å². The van der Waals surface area contributed by atoms with Crippen LogP contribution in [-0.2, 0) is 14.1 Å². The summed E-state index contributed by atoms with van der Waals surface area (Å²) in [5.74, 6) is 0.642. The molecule has 0 unspecified atom stereocenters. The largest absolute Gasteiger partial charge is 0.359 e. The number of fused-ring (bicyclic) bond motifs is 3. The van der Waals surface area contributed by atoms with Crippen molar-refractivity contribution < 1.29 is 0 Å². The van der Waals surface area contributed by atoms with Gasteiger partial charge in [-0.15, -0.1) is 10.2 Å². The smallest absolute Gasteiger partial charge is 0.332 e. The molecule has 22 heavy (non-hydrogen) atoms. The summed E-state index contributed by atoms with van der Waals surface area (Å²) in [6.45, 7) is 8.16. The molecule has 0 fully saturated rings. The van der Waals surface area contributed by atoms with Crippen LogP contribution in [0, 0.1) is 0 Å². The van der Waals surface area contributed by atoms with Gasteiger partial charge in [0.1, 0.15) is 11.0 Å². The molecule has 0 atom stereocenters. The average molecular weight is 304 g/mol. The van der Waals surface area contributed by atoms with Crippen molar-refractivity contribution in [1.29, 1.82) is 0 Å². The van der Waals surface area contributed by atoms with E-state index >= 15 is 0 Å². The van der Waals surface area contributed by atoms with Crippen LogP contribution < -0.4 is 21.5 Å². The Morgan fingerprint density at radius 3 is 2.32 bits per heavy atom. The van der Waals surface area contributed by atoms with Crippen LogP contribution in [0.4, 0.5) is 11.5 Å². The summed E-state index contributed by atoms with van der Waals surface area (Å²) in [5, 5.41) is 12.1. The van der Waals surface area contributed by atoms with E-state index in [1.54, 1.807) is 7.05 Å².